The van der Waals surface area contributed by atoms with E-state index in [9.17, 15) is 0 Å². The highest BCUT2D eigenvalue weighted by molar-refractivity contribution is 7.09. The van der Waals surface area contributed by atoms with Gasteiger partial charge in [0.25, 0.3) is 0 Å². The molecule has 1 aromatic heterocycles. The van der Waals surface area contributed by atoms with Crippen molar-refractivity contribution in [3.63, 3.8) is 0 Å². The minimum atomic E-state index is 0.565. The van der Waals surface area contributed by atoms with E-state index >= 15 is 0 Å². The van der Waals surface area contributed by atoms with Gasteiger partial charge in [-0.1, -0.05) is 29.8 Å². The van der Waals surface area contributed by atoms with Gasteiger partial charge in [0.15, 0.2) is 0 Å². The summed E-state index contributed by atoms with van der Waals surface area (Å²) in [6.45, 7) is 4.81. The molecule has 2 rings (SSSR count). The lowest BCUT2D eigenvalue weighted by atomic mass is 9.95. The van der Waals surface area contributed by atoms with Crippen molar-refractivity contribution < 1.29 is 4.74 Å². The number of ether oxygens (including phenoxy) is 1. The molecular formula is C17H24N2OS. The van der Waals surface area contributed by atoms with E-state index in [-0.39, 0.29) is 0 Å². The van der Waals surface area contributed by atoms with E-state index in [1.54, 1.807) is 18.4 Å². The Morgan fingerprint density at radius 2 is 2.24 bits per heavy atom. The van der Waals surface area contributed by atoms with Crippen molar-refractivity contribution in [3.8, 4) is 0 Å². The highest BCUT2D eigenvalue weighted by atomic mass is 32.1. The van der Waals surface area contributed by atoms with E-state index in [2.05, 4.69) is 46.9 Å². The van der Waals surface area contributed by atoms with Crippen LogP contribution in [0.1, 0.15) is 16.1 Å². The van der Waals surface area contributed by atoms with Crippen LogP contribution in [-0.4, -0.2) is 31.8 Å². The molecular weight excluding hydrogens is 280 g/mol. The molecule has 2 aromatic rings. The maximum absolute atomic E-state index is 5.09. The van der Waals surface area contributed by atoms with E-state index < -0.39 is 0 Å². The number of benzene rings is 1. The van der Waals surface area contributed by atoms with Crippen molar-refractivity contribution >= 4 is 11.3 Å². The summed E-state index contributed by atoms with van der Waals surface area (Å²) in [5, 5.41) is 6.76. The maximum atomic E-state index is 5.09. The normalized spacial score (nSPS) is 12.5. The van der Waals surface area contributed by atoms with Gasteiger partial charge in [-0.15, -0.1) is 11.3 Å². The van der Waals surface area contributed by atoms with Crippen molar-refractivity contribution in [1.29, 1.82) is 0 Å². The summed E-state index contributed by atoms with van der Waals surface area (Å²) in [6, 6.07) is 8.79. The third-order valence-corrected chi connectivity index (χ3v) is 4.27. The molecule has 21 heavy (non-hydrogen) atoms. The first-order valence-electron chi connectivity index (χ1n) is 7.41. The molecule has 0 fully saturated rings. The fourth-order valence-corrected chi connectivity index (χ4v) is 3.20. The Kier molecular flexibility index (Phi) is 6.86. The Morgan fingerprint density at radius 3 is 2.95 bits per heavy atom. The van der Waals surface area contributed by atoms with Gasteiger partial charge in [0.05, 0.1) is 11.6 Å². The quantitative estimate of drug-likeness (QED) is 0.723. The predicted octanol–water partition coefficient (Wildman–Crippen LogP) is 3.09. The Bertz CT molecular complexity index is 513. The Morgan fingerprint density at radius 1 is 1.33 bits per heavy atom. The number of methoxy groups -OCH3 is 1. The zero-order valence-electron chi connectivity index (χ0n) is 12.8. The fourth-order valence-electron chi connectivity index (χ4n) is 2.47. The summed E-state index contributed by atoms with van der Waals surface area (Å²) >= 11 is 1.75. The Balaban J connectivity index is 1.93. The van der Waals surface area contributed by atoms with Crippen molar-refractivity contribution in [2.45, 2.75) is 19.8 Å². The van der Waals surface area contributed by atoms with Crippen LogP contribution in [0.5, 0.6) is 0 Å². The average molecular weight is 304 g/mol. The second-order valence-corrected chi connectivity index (χ2v) is 6.37. The van der Waals surface area contributed by atoms with Crippen LogP contribution in [0.15, 0.2) is 35.8 Å². The largest absolute Gasteiger partial charge is 0.383 e. The van der Waals surface area contributed by atoms with Crippen LogP contribution < -0.4 is 5.32 Å². The molecule has 0 amide bonds. The molecule has 0 bridgehead atoms. The molecule has 114 valence electrons. The Hall–Kier alpha value is -1.23. The topological polar surface area (TPSA) is 34.1 Å². The highest BCUT2D eigenvalue weighted by Gasteiger charge is 2.12. The molecule has 1 heterocycles. The van der Waals surface area contributed by atoms with Crippen LogP contribution >= 0.6 is 11.3 Å². The van der Waals surface area contributed by atoms with Gasteiger partial charge in [-0.2, -0.15) is 0 Å². The molecule has 0 saturated carbocycles. The van der Waals surface area contributed by atoms with Gasteiger partial charge in [-0.3, -0.25) is 0 Å². The van der Waals surface area contributed by atoms with Gasteiger partial charge in [-0.25, -0.2) is 4.98 Å². The van der Waals surface area contributed by atoms with Gasteiger partial charge >= 0.3 is 0 Å². The standard InChI is InChI=1S/C17H24N2OS/c1-14-4-3-5-15(10-14)11-16(13-18-6-8-20-2)12-17-19-7-9-21-17/h3-5,7,9-10,16,18H,6,8,11-13H2,1-2H3. The zero-order valence-corrected chi connectivity index (χ0v) is 13.7. The maximum Gasteiger partial charge on any atom is 0.0928 e. The number of aryl methyl sites for hydroxylation is 1. The average Bonchev–Trinajstić information content (AvgIpc) is 2.96. The minimum Gasteiger partial charge on any atom is -0.383 e. The van der Waals surface area contributed by atoms with Crippen molar-refractivity contribution in [3.05, 3.63) is 52.0 Å². The highest BCUT2D eigenvalue weighted by Crippen LogP contribution is 2.17. The van der Waals surface area contributed by atoms with Gasteiger partial charge in [0, 0.05) is 31.7 Å². The summed E-state index contributed by atoms with van der Waals surface area (Å²) in [5.41, 5.74) is 2.73. The third kappa shape index (κ3) is 5.96. The number of thiazole rings is 1. The van der Waals surface area contributed by atoms with E-state index in [1.807, 2.05) is 6.20 Å². The summed E-state index contributed by atoms with van der Waals surface area (Å²) in [5.74, 6) is 0.565. The van der Waals surface area contributed by atoms with E-state index in [0.29, 0.717) is 5.92 Å². The number of nitrogens with zero attached hydrogens (tertiary/aromatic N) is 1. The molecule has 0 spiro atoms. The van der Waals surface area contributed by atoms with Crippen molar-refractivity contribution in [1.82, 2.24) is 10.3 Å². The van der Waals surface area contributed by atoms with Crippen LogP contribution in [-0.2, 0) is 17.6 Å². The summed E-state index contributed by atoms with van der Waals surface area (Å²) in [7, 11) is 1.74. The lowest BCUT2D eigenvalue weighted by molar-refractivity contribution is 0.197. The SMILES string of the molecule is COCCNCC(Cc1cccc(C)c1)Cc1nccs1. The molecule has 1 N–H and O–H groups in total. The first-order chi connectivity index (χ1) is 10.3. The van der Waals surface area contributed by atoms with Crippen LogP contribution in [0.2, 0.25) is 0 Å². The van der Waals surface area contributed by atoms with Gasteiger partial charge in [-0.05, 0) is 31.4 Å². The third-order valence-electron chi connectivity index (χ3n) is 3.47. The van der Waals surface area contributed by atoms with Gasteiger partial charge < -0.3 is 10.1 Å². The smallest absolute Gasteiger partial charge is 0.0928 e. The minimum absolute atomic E-state index is 0.565. The molecule has 1 unspecified atom stereocenters. The molecule has 0 radical (unpaired) electrons. The second-order valence-electron chi connectivity index (χ2n) is 5.39. The number of rotatable bonds is 9. The molecule has 4 heteroatoms. The second kappa shape index (κ2) is 8.93. The lowest BCUT2D eigenvalue weighted by Gasteiger charge is -2.17. The van der Waals surface area contributed by atoms with Crippen LogP contribution in [0.4, 0.5) is 0 Å². The molecule has 0 saturated heterocycles. The van der Waals surface area contributed by atoms with Gasteiger partial charge in [0.1, 0.15) is 0 Å². The molecule has 0 aliphatic heterocycles. The predicted molar refractivity (Wildman–Crippen MR) is 88.9 cm³/mol. The first-order valence-corrected chi connectivity index (χ1v) is 8.29. The number of aromatic nitrogens is 1. The van der Waals surface area contributed by atoms with Crippen LogP contribution in [0, 0.1) is 12.8 Å². The van der Waals surface area contributed by atoms with Crippen LogP contribution in [0.25, 0.3) is 0 Å². The Labute approximate surface area is 131 Å². The molecule has 1 aromatic carbocycles. The van der Waals surface area contributed by atoms with E-state index in [1.165, 1.54) is 16.1 Å². The number of hydrogen-bond acceptors (Lipinski definition) is 4. The van der Waals surface area contributed by atoms with Crippen molar-refractivity contribution in [2.75, 3.05) is 26.8 Å². The first kappa shape index (κ1) is 16.1. The molecule has 1 atom stereocenters. The van der Waals surface area contributed by atoms with E-state index in [0.717, 1.165) is 32.5 Å². The van der Waals surface area contributed by atoms with E-state index in [4.69, 9.17) is 4.74 Å². The number of nitrogens with one attached hydrogen (secondary N) is 1. The van der Waals surface area contributed by atoms with Crippen LogP contribution in [0.3, 0.4) is 0 Å². The van der Waals surface area contributed by atoms with Gasteiger partial charge in [0.2, 0.25) is 0 Å². The molecule has 0 aliphatic rings. The lowest BCUT2D eigenvalue weighted by Crippen LogP contribution is -2.28. The summed E-state index contributed by atoms with van der Waals surface area (Å²) in [4.78, 5) is 4.43. The zero-order chi connectivity index (χ0) is 14.9. The summed E-state index contributed by atoms with van der Waals surface area (Å²) < 4.78 is 5.09. The monoisotopic (exact) mass is 304 g/mol. The molecule has 3 nitrogen and oxygen atoms in total. The molecule has 0 aliphatic carbocycles. The van der Waals surface area contributed by atoms with Crippen molar-refractivity contribution in [2.24, 2.45) is 5.92 Å². The summed E-state index contributed by atoms with van der Waals surface area (Å²) in [6.07, 6.45) is 4.01. The fraction of sp³-hybridized carbons (Fsp3) is 0.471. The number of hydrogen-bond donors (Lipinski definition) is 1.